The number of halogens is 1. The Labute approximate surface area is 170 Å². The Morgan fingerprint density at radius 1 is 1.08 bits per heavy atom. The van der Waals surface area contributed by atoms with Crippen molar-refractivity contribution in [3.63, 3.8) is 0 Å². The summed E-state index contributed by atoms with van der Waals surface area (Å²) in [5.74, 6) is 0.922. The van der Waals surface area contributed by atoms with Crippen molar-refractivity contribution in [3.05, 3.63) is 0 Å². The first-order valence-corrected chi connectivity index (χ1v) is 9.87. The molecule has 3 heterocycles. The van der Waals surface area contributed by atoms with E-state index >= 15 is 0 Å². The highest BCUT2D eigenvalue weighted by molar-refractivity contribution is 14.0. The lowest BCUT2D eigenvalue weighted by atomic mass is 9.98. The number of nitrogens with one attached hydrogen (secondary N) is 2. The Morgan fingerprint density at radius 2 is 1.84 bits per heavy atom. The molecular formula is C18H36IN5O. The number of guanidine groups is 1. The summed E-state index contributed by atoms with van der Waals surface area (Å²) in [7, 11) is 1.85. The highest BCUT2D eigenvalue weighted by Crippen LogP contribution is 2.20. The molecule has 4 aliphatic rings. The predicted molar refractivity (Wildman–Crippen MR) is 114 cm³/mol. The van der Waals surface area contributed by atoms with Gasteiger partial charge in [-0.05, 0) is 19.3 Å². The molecule has 1 unspecified atom stereocenters. The molecule has 1 saturated carbocycles. The molecule has 3 saturated heterocycles. The molecule has 0 aromatic carbocycles. The normalized spacial score (nSPS) is 30.0. The third kappa shape index (κ3) is 6.84. The van der Waals surface area contributed by atoms with Crippen molar-refractivity contribution in [2.75, 3.05) is 59.5 Å². The van der Waals surface area contributed by atoms with Gasteiger partial charge in [-0.25, -0.2) is 0 Å². The smallest absolute Gasteiger partial charge is 0.191 e. The lowest BCUT2D eigenvalue weighted by Crippen LogP contribution is -2.63. The molecule has 1 atom stereocenters. The Hall–Kier alpha value is -0.120. The second-order valence-electron chi connectivity index (χ2n) is 7.35. The lowest BCUT2D eigenvalue weighted by molar-refractivity contribution is 0.0154. The Morgan fingerprint density at radius 3 is 2.48 bits per heavy atom. The van der Waals surface area contributed by atoms with E-state index in [1.165, 1.54) is 64.8 Å². The summed E-state index contributed by atoms with van der Waals surface area (Å²) in [5.41, 5.74) is 0. The van der Waals surface area contributed by atoms with Gasteiger partial charge >= 0.3 is 0 Å². The van der Waals surface area contributed by atoms with Crippen LogP contribution < -0.4 is 10.6 Å². The van der Waals surface area contributed by atoms with Crippen molar-refractivity contribution in [1.29, 1.82) is 0 Å². The van der Waals surface area contributed by atoms with E-state index in [0.717, 1.165) is 32.1 Å². The molecule has 0 spiro atoms. The molecule has 0 radical (unpaired) electrons. The fourth-order valence-corrected chi connectivity index (χ4v) is 4.11. The van der Waals surface area contributed by atoms with Gasteiger partial charge in [0.1, 0.15) is 0 Å². The molecule has 0 aromatic heterocycles. The van der Waals surface area contributed by atoms with Crippen LogP contribution in [-0.4, -0.2) is 87.4 Å². The van der Waals surface area contributed by atoms with Crippen molar-refractivity contribution in [3.8, 4) is 0 Å². The molecule has 4 rings (SSSR count). The molecule has 0 amide bonds. The molecular weight excluding hydrogens is 429 g/mol. The van der Waals surface area contributed by atoms with E-state index in [1.807, 2.05) is 7.05 Å². The van der Waals surface area contributed by atoms with Crippen LogP contribution in [-0.2, 0) is 4.74 Å². The highest BCUT2D eigenvalue weighted by Gasteiger charge is 2.31. The van der Waals surface area contributed by atoms with Gasteiger partial charge in [0, 0.05) is 65.5 Å². The van der Waals surface area contributed by atoms with Gasteiger partial charge in [-0.15, -0.1) is 24.0 Å². The predicted octanol–water partition coefficient (Wildman–Crippen LogP) is 1.51. The van der Waals surface area contributed by atoms with Crippen molar-refractivity contribution < 1.29 is 4.74 Å². The largest absolute Gasteiger partial charge is 0.378 e. The standard InChI is InChI=1S/C18H35N5O.HI/c1-19-18(20-8-5-13-24-17-6-3-2-4-7-17)21-14-16-15-22-9-11-23(16)12-10-22;/h16-17H,2-15H2,1H3,(H2,19,20,21);1H. The number of aliphatic imine (C=N–C) groups is 1. The summed E-state index contributed by atoms with van der Waals surface area (Å²) in [4.78, 5) is 9.53. The molecule has 4 fully saturated rings. The zero-order valence-corrected chi connectivity index (χ0v) is 18.0. The van der Waals surface area contributed by atoms with E-state index in [2.05, 4.69) is 25.4 Å². The first kappa shape index (κ1) is 21.2. The van der Waals surface area contributed by atoms with Gasteiger partial charge in [-0.3, -0.25) is 14.8 Å². The minimum absolute atomic E-state index is 0. The second kappa shape index (κ2) is 11.6. The Bertz CT molecular complexity index is 395. The van der Waals surface area contributed by atoms with E-state index in [9.17, 15) is 0 Å². The topological polar surface area (TPSA) is 52.1 Å². The average molecular weight is 465 g/mol. The quantitative estimate of drug-likeness (QED) is 0.259. The number of nitrogens with zero attached hydrogens (tertiary/aromatic N) is 3. The fraction of sp³-hybridized carbons (Fsp3) is 0.944. The SMILES string of the molecule is CN=C(NCCCOC1CCCCC1)NCC1CN2CCN1CC2.I. The van der Waals surface area contributed by atoms with Crippen LogP contribution in [0.4, 0.5) is 0 Å². The maximum atomic E-state index is 5.97. The summed E-state index contributed by atoms with van der Waals surface area (Å²) < 4.78 is 5.97. The Balaban J connectivity index is 0.00000225. The van der Waals surface area contributed by atoms with Crippen LogP contribution in [0.1, 0.15) is 38.5 Å². The van der Waals surface area contributed by atoms with Crippen molar-refractivity contribution in [1.82, 2.24) is 20.4 Å². The summed E-state index contributed by atoms with van der Waals surface area (Å²) in [5, 5.41) is 6.91. The fourth-order valence-electron chi connectivity index (χ4n) is 4.11. The maximum absolute atomic E-state index is 5.97. The van der Waals surface area contributed by atoms with Gasteiger partial charge in [0.15, 0.2) is 5.96 Å². The van der Waals surface area contributed by atoms with Gasteiger partial charge in [-0.2, -0.15) is 0 Å². The van der Waals surface area contributed by atoms with Gasteiger partial charge in [0.05, 0.1) is 6.10 Å². The van der Waals surface area contributed by atoms with Crippen LogP contribution in [0, 0.1) is 0 Å². The van der Waals surface area contributed by atoms with Crippen molar-refractivity contribution >= 4 is 29.9 Å². The number of fused-ring (bicyclic) bond motifs is 3. The van der Waals surface area contributed by atoms with Crippen molar-refractivity contribution in [2.45, 2.75) is 50.7 Å². The van der Waals surface area contributed by atoms with Crippen LogP contribution in [0.15, 0.2) is 4.99 Å². The van der Waals surface area contributed by atoms with Crippen LogP contribution in [0.2, 0.25) is 0 Å². The average Bonchev–Trinajstić information content (AvgIpc) is 2.66. The summed E-state index contributed by atoms with van der Waals surface area (Å²) in [6.45, 7) is 8.88. The minimum Gasteiger partial charge on any atom is -0.378 e. The zero-order chi connectivity index (χ0) is 16.6. The number of hydrogen-bond acceptors (Lipinski definition) is 4. The summed E-state index contributed by atoms with van der Waals surface area (Å²) in [6.07, 6.45) is 8.14. The van der Waals surface area contributed by atoms with E-state index < -0.39 is 0 Å². The molecule has 1 aliphatic carbocycles. The molecule has 146 valence electrons. The lowest BCUT2D eigenvalue weighted by Gasteiger charge is -2.47. The Kier molecular flexibility index (Phi) is 9.80. The van der Waals surface area contributed by atoms with Crippen LogP contribution in [0.3, 0.4) is 0 Å². The molecule has 2 bridgehead atoms. The third-order valence-electron chi connectivity index (χ3n) is 5.64. The van der Waals surface area contributed by atoms with Gasteiger partial charge in [0.25, 0.3) is 0 Å². The molecule has 3 aliphatic heterocycles. The molecule has 7 heteroatoms. The molecule has 2 N–H and O–H groups in total. The highest BCUT2D eigenvalue weighted by atomic mass is 127. The van der Waals surface area contributed by atoms with Crippen molar-refractivity contribution in [2.24, 2.45) is 4.99 Å². The summed E-state index contributed by atoms with van der Waals surface area (Å²) >= 11 is 0. The summed E-state index contributed by atoms with van der Waals surface area (Å²) in [6, 6.07) is 0.626. The number of piperazine rings is 3. The molecule has 25 heavy (non-hydrogen) atoms. The monoisotopic (exact) mass is 465 g/mol. The number of hydrogen-bond donors (Lipinski definition) is 2. The van der Waals surface area contributed by atoms with Gasteiger partial charge in [0.2, 0.25) is 0 Å². The van der Waals surface area contributed by atoms with E-state index in [-0.39, 0.29) is 24.0 Å². The van der Waals surface area contributed by atoms with E-state index in [0.29, 0.717) is 12.1 Å². The van der Waals surface area contributed by atoms with Gasteiger partial charge in [-0.1, -0.05) is 19.3 Å². The maximum Gasteiger partial charge on any atom is 0.191 e. The van der Waals surface area contributed by atoms with E-state index in [4.69, 9.17) is 4.74 Å². The van der Waals surface area contributed by atoms with Crippen LogP contribution >= 0.6 is 24.0 Å². The van der Waals surface area contributed by atoms with Crippen LogP contribution in [0.5, 0.6) is 0 Å². The first-order chi connectivity index (χ1) is 11.8. The number of rotatable bonds is 7. The molecule has 0 aromatic rings. The zero-order valence-electron chi connectivity index (χ0n) is 15.7. The van der Waals surface area contributed by atoms with E-state index in [1.54, 1.807) is 0 Å². The minimum atomic E-state index is 0. The molecule has 6 nitrogen and oxygen atoms in total. The number of ether oxygens (including phenoxy) is 1. The second-order valence-corrected chi connectivity index (χ2v) is 7.35. The first-order valence-electron chi connectivity index (χ1n) is 9.87. The van der Waals surface area contributed by atoms with Crippen LogP contribution in [0.25, 0.3) is 0 Å². The third-order valence-corrected chi connectivity index (χ3v) is 5.64. The van der Waals surface area contributed by atoms with Gasteiger partial charge < -0.3 is 15.4 Å².